The molecule has 1 fully saturated rings. The van der Waals surface area contributed by atoms with Crippen LogP contribution in [0, 0.1) is 5.92 Å². The topological polar surface area (TPSA) is 29.5 Å². The van der Waals surface area contributed by atoms with Gasteiger partial charge in [0.2, 0.25) is 0 Å². The first-order valence-corrected chi connectivity index (χ1v) is 6.93. The standard InChI is InChI=1S/C16H24O2/c1-13-7-6-10-16(12-13,18-2)15(17)11-14-8-4-3-5-9-14/h3-5,8-9,13,15,17H,6-7,10-12H2,1-2H3. The highest BCUT2D eigenvalue weighted by Gasteiger charge is 2.41. The van der Waals surface area contributed by atoms with Crippen LogP contribution in [0.3, 0.4) is 0 Å². The highest BCUT2D eigenvalue weighted by atomic mass is 16.5. The predicted molar refractivity (Wildman–Crippen MR) is 73.5 cm³/mol. The van der Waals surface area contributed by atoms with Crippen molar-refractivity contribution >= 4 is 0 Å². The zero-order valence-corrected chi connectivity index (χ0v) is 11.4. The van der Waals surface area contributed by atoms with Crippen LogP contribution in [-0.4, -0.2) is 23.9 Å². The van der Waals surface area contributed by atoms with Gasteiger partial charge in [-0.2, -0.15) is 0 Å². The largest absolute Gasteiger partial charge is 0.390 e. The number of hydrogen-bond donors (Lipinski definition) is 1. The van der Waals surface area contributed by atoms with E-state index in [1.807, 2.05) is 18.2 Å². The number of ether oxygens (including phenoxy) is 1. The fourth-order valence-corrected chi connectivity index (χ4v) is 3.19. The Morgan fingerprint density at radius 1 is 1.39 bits per heavy atom. The van der Waals surface area contributed by atoms with Crippen LogP contribution in [-0.2, 0) is 11.2 Å². The lowest BCUT2D eigenvalue weighted by Crippen LogP contribution is -2.48. The van der Waals surface area contributed by atoms with E-state index in [0.29, 0.717) is 12.3 Å². The first-order valence-electron chi connectivity index (χ1n) is 6.93. The Morgan fingerprint density at radius 3 is 2.72 bits per heavy atom. The molecule has 18 heavy (non-hydrogen) atoms. The van der Waals surface area contributed by atoms with Crippen molar-refractivity contribution in [2.24, 2.45) is 5.92 Å². The summed E-state index contributed by atoms with van der Waals surface area (Å²) in [6.07, 6.45) is 4.62. The molecule has 3 unspecified atom stereocenters. The van der Waals surface area contributed by atoms with Crippen molar-refractivity contribution in [1.82, 2.24) is 0 Å². The average molecular weight is 248 g/mol. The van der Waals surface area contributed by atoms with Gasteiger partial charge in [-0.05, 0) is 24.3 Å². The molecule has 1 N–H and O–H groups in total. The van der Waals surface area contributed by atoms with E-state index in [9.17, 15) is 5.11 Å². The van der Waals surface area contributed by atoms with Crippen LogP contribution in [0.25, 0.3) is 0 Å². The molecule has 2 nitrogen and oxygen atoms in total. The molecule has 2 heteroatoms. The van der Waals surface area contributed by atoms with Gasteiger partial charge in [-0.3, -0.25) is 0 Å². The van der Waals surface area contributed by atoms with E-state index < -0.39 is 6.10 Å². The Bertz CT molecular complexity index is 363. The molecule has 1 aliphatic rings. The lowest BCUT2D eigenvalue weighted by Gasteiger charge is -2.42. The van der Waals surface area contributed by atoms with Gasteiger partial charge in [-0.1, -0.05) is 50.1 Å². The molecule has 0 aromatic heterocycles. The quantitative estimate of drug-likeness (QED) is 0.886. The first kappa shape index (κ1) is 13.6. The fraction of sp³-hybridized carbons (Fsp3) is 0.625. The van der Waals surface area contributed by atoms with Crippen LogP contribution in [0.4, 0.5) is 0 Å². The van der Waals surface area contributed by atoms with E-state index in [1.165, 1.54) is 12.0 Å². The minimum absolute atomic E-state index is 0.340. The number of benzene rings is 1. The van der Waals surface area contributed by atoms with Crippen molar-refractivity contribution in [1.29, 1.82) is 0 Å². The third-order valence-electron chi connectivity index (χ3n) is 4.28. The zero-order chi connectivity index (χ0) is 13.0. The lowest BCUT2D eigenvalue weighted by molar-refractivity contribution is -0.131. The molecule has 100 valence electrons. The van der Waals surface area contributed by atoms with E-state index in [4.69, 9.17) is 4.74 Å². The SMILES string of the molecule is COC1(C(O)Cc2ccccc2)CCCC(C)C1. The Labute approximate surface area is 110 Å². The molecule has 0 amide bonds. The number of methoxy groups -OCH3 is 1. The predicted octanol–water partition coefficient (Wildman–Crippen LogP) is 3.19. The minimum atomic E-state index is -0.410. The average Bonchev–Trinajstić information content (AvgIpc) is 2.39. The van der Waals surface area contributed by atoms with Gasteiger partial charge in [-0.25, -0.2) is 0 Å². The second-order valence-electron chi connectivity index (χ2n) is 5.68. The van der Waals surface area contributed by atoms with Crippen LogP contribution >= 0.6 is 0 Å². The Balaban J connectivity index is 2.07. The monoisotopic (exact) mass is 248 g/mol. The number of aliphatic hydroxyl groups is 1. The van der Waals surface area contributed by atoms with Crippen molar-refractivity contribution in [3.63, 3.8) is 0 Å². The Hall–Kier alpha value is -0.860. The summed E-state index contributed by atoms with van der Waals surface area (Å²) in [5.41, 5.74) is 0.840. The Morgan fingerprint density at radius 2 is 2.11 bits per heavy atom. The highest BCUT2D eigenvalue weighted by molar-refractivity contribution is 5.16. The molecule has 2 rings (SSSR count). The maximum Gasteiger partial charge on any atom is 0.0942 e. The summed E-state index contributed by atoms with van der Waals surface area (Å²) in [5.74, 6) is 0.643. The Kier molecular flexibility index (Phi) is 4.41. The smallest absolute Gasteiger partial charge is 0.0942 e. The molecular formula is C16H24O2. The van der Waals surface area contributed by atoms with E-state index in [2.05, 4.69) is 19.1 Å². The molecular weight excluding hydrogens is 224 g/mol. The van der Waals surface area contributed by atoms with E-state index in [0.717, 1.165) is 19.3 Å². The summed E-state index contributed by atoms with van der Waals surface area (Å²) >= 11 is 0. The van der Waals surface area contributed by atoms with Gasteiger partial charge in [0.25, 0.3) is 0 Å². The summed E-state index contributed by atoms with van der Waals surface area (Å²) in [6.45, 7) is 2.25. The molecule has 0 bridgehead atoms. The van der Waals surface area contributed by atoms with Crippen LogP contribution in [0.1, 0.15) is 38.2 Å². The van der Waals surface area contributed by atoms with Gasteiger partial charge in [0.05, 0.1) is 11.7 Å². The molecule has 1 aromatic rings. The summed E-state index contributed by atoms with van der Waals surface area (Å²) in [6, 6.07) is 10.2. The number of aliphatic hydroxyl groups excluding tert-OH is 1. The summed E-state index contributed by atoms with van der Waals surface area (Å²) in [4.78, 5) is 0. The molecule has 1 aromatic carbocycles. The van der Waals surface area contributed by atoms with Gasteiger partial charge in [0.1, 0.15) is 0 Å². The molecule has 3 atom stereocenters. The van der Waals surface area contributed by atoms with Crippen molar-refractivity contribution in [3.8, 4) is 0 Å². The molecule has 0 saturated heterocycles. The van der Waals surface area contributed by atoms with Gasteiger partial charge >= 0.3 is 0 Å². The van der Waals surface area contributed by atoms with E-state index in [-0.39, 0.29) is 5.60 Å². The summed E-state index contributed by atoms with van der Waals surface area (Å²) in [7, 11) is 1.74. The minimum Gasteiger partial charge on any atom is -0.390 e. The van der Waals surface area contributed by atoms with Crippen LogP contribution in [0.2, 0.25) is 0 Å². The number of rotatable bonds is 4. The molecule has 1 aliphatic carbocycles. The maximum absolute atomic E-state index is 10.6. The van der Waals surface area contributed by atoms with Crippen molar-refractivity contribution in [3.05, 3.63) is 35.9 Å². The fourth-order valence-electron chi connectivity index (χ4n) is 3.19. The maximum atomic E-state index is 10.6. The van der Waals surface area contributed by atoms with E-state index >= 15 is 0 Å². The summed E-state index contributed by atoms with van der Waals surface area (Å²) < 4.78 is 5.73. The normalized spacial score (nSPS) is 30.1. The third-order valence-corrected chi connectivity index (χ3v) is 4.28. The van der Waals surface area contributed by atoms with Gasteiger partial charge in [0, 0.05) is 13.5 Å². The van der Waals surface area contributed by atoms with Gasteiger partial charge in [0.15, 0.2) is 0 Å². The lowest BCUT2D eigenvalue weighted by atomic mass is 9.74. The van der Waals surface area contributed by atoms with Crippen LogP contribution in [0.15, 0.2) is 30.3 Å². The first-order chi connectivity index (χ1) is 8.66. The van der Waals surface area contributed by atoms with Crippen LogP contribution in [0.5, 0.6) is 0 Å². The zero-order valence-electron chi connectivity index (χ0n) is 11.4. The molecule has 0 spiro atoms. The highest BCUT2D eigenvalue weighted by Crippen LogP contribution is 2.38. The van der Waals surface area contributed by atoms with Crippen LogP contribution < -0.4 is 0 Å². The second-order valence-corrected chi connectivity index (χ2v) is 5.68. The van der Waals surface area contributed by atoms with E-state index in [1.54, 1.807) is 7.11 Å². The molecule has 0 aliphatic heterocycles. The second kappa shape index (κ2) is 5.85. The molecule has 0 heterocycles. The molecule has 1 saturated carbocycles. The van der Waals surface area contributed by atoms with Gasteiger partial charge < -0.3 is 9.84 Å². The number of hydrogen-bond acceptors (Lipinski definition) is 2. The summed E-state index contributed by atoms with van der Waals surface area (Å²) in [5, 5.41) is 10.6. The van der Waals surface area contributed by atoms with Gasteiger partial charge in [-0.15, -0.1) is 0 Å². The van der Waals surface area contributed by atoms with Crippen molar-refractivity contribution < 1.29 is 9.84 Å². The van der Waals surface area contributed by atoms with Crippen molar-refractivity contribution in [2.75, 3.05) is 7.11 Å². The molecule has 0 radical (unpaired) electrons. The van der Waals surface area contributed by atoms with Crippen molar-refractivity contribution in [2.45, 2.75) is 50.7 Å². The third kappa shape index (κ3) is 2.93.